The molecule has 0 saturated heterocycles. The van der Waals surface area contributed by atoms with E-state index in [1.807, 2.05) is 12.1 Å². The molecule has 1 aliphatic carbocycles. The number of benzene rings is 1. The van der Waals surface area contributed by atoms with Gasteiger partial charge in [0.15, 0.2) is 5.78 Å². The lowest BCUT2D eigenvalue weighted by atomic mass is 9.75. The summed E-state index contributed by atoms with van der Waals surface area (Å²) < 4.78 is 6.11. The molecule has 0 unspecified atom stereocenters. The van der Waals surface area contributed by atoms with Crippen molar-refractivity contribution >= 4 is 33.6 Å². The number of ketones is 1. The second-order valence-corrected chi connectivity index (χ2v) is 7.07. The van der Waals surface area contributed by atoms with Gasteiger partial charge in [0, 0.05) is 21.9 Å². The molecule has 0 aliphatic heterocycles. The summed E-state index contributed by atoms with van der Waals surface area (Å²) in [5.41, 5.74) is 1.35. The van der Waals surface area contributed by atoms with Gasteiger partial charge in [-0.25, -0.2) is 0 Å². The summed E-state index contributed by atoms with van der Waals surface area (Å²) in [5, 5.41) is 2.70. The van der Waals surface area contributed by atoms with E-state index in [0.717, 1.165) is 23.7 Å². The minimum Gasteiger partial charge on any atom is -0.432 e. The highest BCUT2D eigenvalue weighted by Gasteiger charge is 2.36. The van der Waals surface area contributed by atoms with Crippen LogP contribution in [0.1, 0.15) is 41.7 Å². The van der Waals surface area contributed by atoms with Crippen LogP contribution in [0.3, 0.4) is 0 Å². The van der Waals surface area contributed by atoms with Crippen molar-refractivity contribution in [3.8, 4) is 0 Å². The second-order valence-electron chi connectivity index (χ2n) is 6.15. The fourth-order valence-electron chi connectivity index (χ4n) is 3.20. The molecule has 0 bridgehead atoms. The van der Waals surface area contributed by atoms with E-state index in [2.05, 4.69) is 26.2 Å². The normalized spacial score (nSPS) is 20.6. The van der Waals surface area contributed by atoms with Crippen molar-refractivity contribution in [2.24, 2.45) is 11.8 Å². The number of anilines is 1. The number of amides is 1. The van der Waals surface area contributed by atoms with E-state index in [0.29, 0.717) is 17.7 Å². The molecule has 6 heteroatoms. The zero-order valence-electron chi connectivity index (χ0n) is 13.4. The summed E-state index contributed by atoms with van der Waals surface area (Å²) >= 11 is 3.37. The molecule has 2 atom stereocenters. The molecule has 1 saturated carbocycles. The number of nitrogens with zero attached hydrogens (tertiary/aromatic N) is 1. The summed E-state index contributed by atoms with van der Waals surface area (Å²) in [6.07, 6.45) is 4.85. The zero-order chi connectivity index (χ0) is 17.1. The number of halogens is 1. The molecule has 0 radical (unpaired) electrons. The number of rotatable bonds is 4. The Hall–Kier alpha value is -1.95. The summed E-state index contributed by atoms with van der Waals surface area (Å²) in [6.45, 7) is 1.79. The van der Waals surface area contributed by atoms with Crippen LogP contribution in [-0.2, 0) is 4.79 Å². The summed E-state index contributed by atoms with van der Waals surface area (Å²) in [7, 11) is 0. The standard InChI is InChI=1S/C18H19BrN2O3/c1-11-10-24-18(20-11)21-17(23)15-5-3-2-4-14(15)16(22)12-6-8-13(19)9-7-12/h6-10,14-15H,2-5H2,1H3,(H,20,21,23)/t14-,15-/m0/s1. The van der Waals surface area contributed by atoms with Crippen molar-refractivity contribution in [3.63, 3.8) is 0 Å². The van der Waals surface area contributed by atoms with E-state index in [1.54, 1.807) is 19.1 Å². The first kappa shape index (κ1) is 16.9. The fourth-order valence-corrected chi connectivity index (χ4v) is 3.46. The Balaban J connectivity index is 1.76. The molecule has 2 aromatic rings. The van der Waals surface area contributed by atoms with E-state index in [1.165, 1.54) is 6.26 Å². The van der Waals surface area contributed by atoms with Gasteiger partial charge < -0.3 is 4.42 Å². The predicted octanol–water partition coefficient (Wildman–Crippen LogP) is 4.37. The first-order chi connectivity index (χ1) is 11.5. The topological polar surface area (TPSA) is 72.2 Å². The number of hydrogen-bond acceptors (Lipinski definition) is 4. The van der Waals surface area contributed by atoms with Crippen molar-refractivity contribution in [1.29, 1.82) is 0 Å². The quantitative estimate of drug-likeness (QED) is 0.786. The molecule has 126 valence electrons. The van der Waals surface area contributed by atoms with E-state index < -0.39 is 0 Å². The largest absolute Gasteiger partial charge is 0.432 e. The molecular formula is C18H19BrN2O3. The van der Waals surface area contributed by atoms with Crippen molar-refractivity contribution in [1.82, 2.24) is 4.98 Å². The highest BCUT2D eigenvalue weighted by atomic mass is 79.9. The Bertz CT molecular complexity index is 739. The van der Waals surface area contributed by atoms with E-state index in [4.69, 9.17) is 4.42 Å². The van der Waals surface area contributed by atoms with Crippen molar-refractivity contribution < 1.29 is 14.0 Å². The molecular weight excluding hydrogens is 372 g/mol. The molecule has 1 aliphatic rings. The van der Waals surface area contributed by atoms with E-state index >= 15 is 0 Å². The van der Waals surface area contributed by atoms with Gasteiger partial charge in [-0.05, 0) is 31.9 Å². The van der Waals surface area contributed by atoms with Crippen LogP contribution in [-0.4, -0.2) is 16.7 Å². The van der Waals surface area contributed by atoms with E-state index in [9.17, 15) is 9.59 Å². The van der Waals surface area contributed by atoms with Crippen LogP contribution >= 0.6 is 15.9 Å². The van der Waals surface area contributed by atoms with E-state index in [-0.39, 0.29) is 29.5 Å². The van der Waals surface area contributed by atoms with Gasteiger partial charge in [0.05, 0.1) is 5.69 Å². The number of carbonyl (C=O) groups is 2. The Morgan fingerprint density at radius 2 is 1.83 bits per heavy atom. The number of aryl methyl sites for hydroxylation is 1. The Kier molecular flexibility index (Phi) is 5.14. The second kappa shape index (κ2) is 7.30. The lowest BCUT2D eigenvalue weighted by Gasteiger charge is -2.29. The van der Waals surface area contributed by atoms with Crippen LogP contribution in [0, 0.1) is 18.8 Å². The van der Waals surface area contributed by atoms with Gasteiger partial charge in [0.25, 0.3) is 0 Å². The lowest BCUT2D eigenvalue weighted by Crippen LogP contribution is -2.36. The molecule has 3 rings (SSSR count). The number of aromatic nitrogens is 1. The van der Waals surface area contributed by atoms with Crippen LogP contribution in [0.25, 0.3) is 0 Å². The molecule has 1 fully saturated rings. The number of nitrogens with one attached hydrogen (secondary N) is 1. The van der Waals surface area contributed by atoms with Gasteiger partial charge >= 0.3 is 6.01 Å². The molecule has 1 heterocycles. The predicted molar refractivity (Wildman–Crippen MR) is 93.8 cm³/mol. The van der Waals surface area contributed by atoms with Gasteiger partial charge in [-0.15, -0.1) is 0 Å². The van der Waals surface area contributed by atoms with Crippen LogP contribution < -0.4 is 5.32 Å². The molecule has 1 aromatic carbocycles. The number of hydrogen-bond donors (Lipinski definition) is 1. The smallest absolute Gasteiger partial charge is 0.301 e. The van der Waals surface area contributed by atoms with Gasteiger partial charge in [-0.2, -0.15) is 4.98 Å². The average molecular weight is 391 g/mol. The Morgan fingerprint density at radius 1 is 1.17 bits per heavy atom. The zero-order valence-corrected chi connectivity index (χ0v) is 15.0. The van der Waals surface area contributed by atoms with Gasteiger partial charge in [-0.1, -0.05) is 40.9 Å². The first-order valence-corrected chi connectivity index (χ1v) is 8.86. The minimum absolute atomic E-state index is 0.0333. The van der Waals surface area contributed by atoms with Crippen molar-refractivity contribution in [2.45, 2.75) is 32.6 Å². The maximum atomic E-state index is 12.8. The molecule has 1 N–H and O–H groups in total. The average Bonchev–Trinajstić information content (AvgIpc) is 3.00. The SMILES string of the molecule is Cc1coc(NC(=O)[C@H]2CCCC[C@@H]2C(=O)c2ccc(Br)cc2)n1. The summed E-state index contributed by atoms with van der Waals surface area (Å²) in [5.74, 6) is -0.795. The third-order valence-corrected chi connectivity index (χ3v) is 4.95. The maximum Gasteiger partial charge on any atom is 0.301 e. The van der Waals surface area contributed by atoms with Crippen molar-refractivity contribution in [3.05, 3.63) is 46.3 Å². The highest BCUT2D eigenvalue weighted by molar-refractivity contribution is 9.10. The minimum atomic E-state index is -0.345. The molecule has 1 amide bonds. The lowest BCUT2D eigenvalue weighted by molar-refractivity contribution is -0.122. The summed E-state index contributed by atoms with van der Waals surface area (Å²) in [6, 6.07) is 7.49. The van der Waals surface area contributed by atoms with Crippen LogP contribution in [0.4, 0.5) is 6.01 Å². The monoisotopic (exact) mass is 390 g/mol. The molecule has 24 heavy (non-hydrogen) atoms. The van der Waals surface area contributed by atoms with Crippen LogP contribution in [0.15, 0.2) is 39.4 Å². The molecule has 5 nitrogen and oxygen atoms in total. The third-order valence-electron chi connectivity index (χ3n) is 4.42. The van der Waals surface area contributed by atoms with Gasteiger partial charge in [-0.3, -0.25) is 14.9 Å². The Labute approximate surface area is 149 Å². The molecule has 1 aromatic heterocycles. The Morgan fingerprint density at radius 3 is 2.46 bits per heavy atom. The first-order valence-electron chi connectivity index (χ1n) is 8.07. The maximum absolute atomic E-state index is 12.8. The fraction of sp³-hybridized carbons (Fsp3) is 0.389. The third kappa shape index (κ3) is 3.75. The number of carbonyl (C=O) groups excluding carboxylic acids is 2. The van der Waals surface area contributed by atoms with Crippen LogP contribution in [0.2, 0.25) is 0 Å². The summed E-state index contributed by atoms with van der Waals surface area (Å²) in [4.78, 5) is 29.5. The highest BCUT2D eigenvalue weighted by Crippen LogP contribution is 2.33. The number of Topliss-reactive ketones (excluding diaryl/α,β-unsaturated/α-hetero) is 1. The van der Waals surface area contributed by atoms with Crippen LogP contribution in [0.5, 0.6) is 0 Å². The number of oxazole rings is 1. The van der Waals surface area contributed by atoms with Gasteiger partial charge in [0.1, 0.15) is 6.26 Å². The van der Waals surface area contributed by atoms with Crippen molar-refractivity contribution in [2.75, 3.05) is 5.32 Å². The van der Waals surface area contributed by atoms with Gasteiger partial charge in [0.2, 0.25) is 5.91 Å². The molecule has 0 spiro atoms.